The maximum atomic E-state index is 14.3. The van der Waals surface area contributed by atoms with Gasteiger partial charge in [-0.05, 0) is 93.0 Å². The van der Waals surface area contributed by atoms with E-state index in [9.17, 15) is 9.59 Å². The van der Waals surface area contributed by atoms with E-state index in [0.717, 1.165) is 99.6 Å². The van der Waals surface area contributed by atoms with Crippen LogP contribution in [-0.2, 0) is 0 Å². The lowest BCUT2D eigenvalue weighted by molar-refractivity contribution is 0.0774. The lowest BCUT2D eigenvalue weighted by Gasteiger charge is -2.32. The van der Waals surface area contributed by atoms with Crippen LogP contribution in [0.15, 0.2) is 94.7 Å². The Morgan fingerprint density at radius 3 is 2.14 bits per heavy atom. The summed E-state index contributed by atoms with van der Waals surface area (Å²) in [5, 5.41) is 0.629. The standard InChI is InChI=1S/C49H57N5O5/c1-35-24-27-52(28-25-35)38-20-23-43-41(31-38)49(56)54(47(51-43)36-15-10-9-11-16-36)37-18-21-40(22-19-37)58-29-12-7-5-3-4-6-8-13-30-59-46-33-44-42(32-45(46)57-2)48(55)53-26-14-17-39(53)34-50-44/h9-11,15-16,18-23,31-35,39H,3-8,12-14,17,24-30H2,1-2H3/t39-/m0/s1. The molecule has 3 aliphatic heterocycles. The minimum absolute atomic E-state index is 0.0206. The molecule has 0 spiro atoms. The fraction of sp³-hybridized carbons (Fsp3) is 0.429. The molecule has 4 heterocycles. The molecule has 5 aromatic rings. The molecule has 1 aromatic heterocycles. The van der Waals surface area contributed by atoms with E-state index in [4.69, 9.17) is 19.2 Å². The van der Waals surface area contributed by atoms with Gasteiger partial charge < -0.3 is 24.0 Å². The number of ether oxygens (including phenoxy) is 3. The molecule has 0 aliphatic carbocycles. The number of methoxy groups -OCH3 is 1. The van der Waals surface area contributed by atoms with Crippen molar-refractivity contribution in [2.45, 2.75) is 90.0 Å². The highest BCUT2D eigenvalue weighted by Crippen LogP contribution is 2.38. The van der Waals surface area contributed by atoms with Crippen LogP contribution >= 0.6 is 0 Å². The third-order valence-corrected chi connectivity index (χ3v) is 12.2. The van der Waals surface area contributed by atoms with Gasteiger partial charge in [0.05, 0.1) is 54.2 Å². The van der Waals surface area contributed by atoms with Gasteiger partial charge in [-0.2, -0.15) is 0 Å². The van der Waals surface area contributed by atoms with Crippen molar-refractivity contribution in [3.05, 3.63) is 101 Å². The number of rotatable bonds is 17. The van der Waals surface area contributed by atoms with Gasteiger partial charge >= 0.3 is 0 Å². The molecule has 1 atom stereocenters. The zero-order valence-corrected chi connectivity index (χ0v) is 34.6. The number of piperidine rings is 1. The Morgan fingerprint density at radius 1 is 0.712 bits per heavy atom. The summed E-state index contributed by atoms with van der Waals surface area (Å²) < 4.78 is 19.6. The summed E-state index contributed by atoms with van der Waals surface area (Å²) in [6.07, 6.45) is 15.1. The molecular formula is C49H57N5O5. The molecule has 0 radical (unpaired) electrons. The van der Waals surface area contributed by atoms with Crippen LogP contribution < -0.4 is 24.7 Å². The number of aliphatic imine (C=N–C) groups is 1. The average molecular weight is 796 g/mol. The molecule has 0 unspecified atom stereocenters. The van der Waals surface area contributed by atoms with Crippen LogP contribution in [0.4, 0.5) is 11.4 Å². The van der Waals surface area contributed by atoms with Gasteiger partial charge in [0.2, 0.25) is 0 Å². The van der Waals surface area contributed by atoms with Gasteiger partial charge in [0, 0.05) is 43.2 Å². The smallest absolute Gasteiger partial charge is 0.266 e. The molecule has 4 aromatic carbocycles. The minimum Gasteiger partial charge on any atom is -0.494 e. The first-order valence-corrected chi connectivity index (χ1v) is 21.8. The highest BCUT2D eigenvalue weighted by atomic mass is 16.5. The third kappa shape index (κ3) is 9.32. The summed E-state index contributed by atoms with van der Waals surface area (Å²) in [6, 6.07) is 27.6. The summed E-state index contributed by atoms with van der Waals surface area (Å²) in [5.41, 5.74) is 4.62. The lowest BCUT2D eigenvalue weighted by atomic mass is 9.98. The van der Waals surface area contributed by atoms with Crippen molar-refractivity contribution in [3.63, 3.8) is 0 Å². The molecule has 3 aliphatic rings. The highest BCUT2D eigenvalue weighted by molar-refractivity contribution is 6.03. The molecule has 2 fully saturated rings. The van der Waals surface area contributed by atoms with Gasteiger partial charge in [-0.25, -0.2) is 4.98 Å². The molecule has 59 heavy (non-hydrogen) atoms. The van der Waals surface area contributed by atoms with Gasteiger partial charge in [-0.1, -0.05) is 75.8 Å². The van der Waals surface area contributed by atoms with Crippen molar-refractivity contribution in [1.82, 2.24) is 14.5 Å². The van der Waals surface area contributed by atoms with Gasteiger partial charge in [-0.15, -0.1) is 0 Å². The number of aromatic nitrogens is 2. The Morgan fingerprint density at radius 2 is 1.41 bits per heavy atom. The summed E-state index contributed by atoms with van der Waals surface area (Å²) in [6.45, 7) is 6.35. The fourth-order valence-corrected chi connectivity index (χ4v) is 8.61. The molecule has 308 valence electrons. The van der Waals surface area contributed by atoms with Crippen molar-refractivity contribution < 1.29 is 19.0 Å². The zero-order chi connectivity index (χ0) is 40.6. The van der Waals surface area contributed by atoms with Crippen LogP contribution in [0.2, 0.25) is 0 Å². The minimum atomic E-state index is -0.0697. The zero-order valence-electron chi connectivity index (χ0n) is 34.6. The number of fused-ring (bicyclic) bond motifs is 3. The average Bonchev–Trinajstić information content (AvgIpc) is 3.70. The molecular weight excluding hydrogens is 739 g/mol. The number of hydrogen-bond acceptors (Lipinski definition) is 8. The monoisotopic (exact) mass is 795 g/mol. The van der Waals surface area contributed by atoms with Crippen LogP contribution in [-0.4, -0.2) is 72.6 Å². The van der Waals surface area contributed by atoms with E-state index in [1.165, 1.54) is 25.7 Å². The van der Waals surface area contributed by atoms with Crippen molar-refractivity contribution in [1.29, 1.82) is 0 Å². The second-order valence-electron chi connectivity index (χ2n) is 16.3. The Labute approximate surface area is 347 Å². The molecule has 10 nitrogen and oxygen atoms in total. The van der Waals surface area contributed by atoms with Crippen LogP contribution in [0, 0.1) is 5.92 Å². The van der Waals surface area contributed by atoms with Crippen molar-refractivity contribution in [2.75, 3.05) is 44.9 Å². The third-order valence-electron chi connectivity index (χ3n) is 12.2. The first-order valence-electron chi connectivity index (χ1n) is 21.8. The molecule has 8 rings (SSSR count). The number of anilines is 1. The number of hydrogen-bond donors (Lipinski definition) is 0. The summed E-state index contributed by atoms with van der Waals surface area (Å²) in [5.74, 6) is 3.40. The Kier molecular flexibility index (Phi) is 12.9. The Hall–Kier alpha value is -5.64. The largest absolute Gasteiger partial charge is 0.494 e. The summed E-state index contributed by atoms with van der Waals surface area (Å²) in [4.78, 5) is 41.4. The van der Waals surface area contributed by atoms with E-state index in [1.807, 2.05) is 83.9 Å². The predicted molar refractivity (Wildman–Crippen MR) is 237 cm³/mol. The molecule has 10 heteroatoms. The molecule has 1 amide bonds. The summed E-state index contributed by atoms with van der Waals surface area (Å²) in [7, 11) is 1.61. The van der Waals surface area contributed by atoms with Crippen molar-refractivity contribution in [2.24, 2.45) is 10.9 Å². The fourth-order valence-electron chi connectivity index (χ4n) is 8.61. The van der Waals surface area contributed by atoms with Gasteiger partial charge in [-0.3, -0.25) is 19.1 Å². The van der Waals surface area contributed by atoms with E-state index in [-0.39, 0.29) is 17.5 Å². The van der Waals surface area contributed by atoms with E-state index >= 15 is 0 Å². The van der Waals surface area contributed by atoms with Crippen molar-refractivity contribution >= 4 is 34.4 Å². The van der Waals surface area contributed by atoms with Gasteiger partial charge in [0.1, 0.15) is 11.6 Å². The second kappa shape index (κ2) is 19.0. The topological polar surface area (TPSA) is 98.5 Å². The Bertz CT molecular complexity index is 2300. The molecule has 0 bridgehead atoms. The number of benzene rings is 4. The molecule has 0 N–H and O–H groups in total. The highest BCUT2D eigenvalue weighted by Gasteiger charge is 2.32. The number of amides is 1. The van der Waals surface area contributed by atoms with Gasteiger partial charge in [0.15, 0.2) is 11.5 Å². The van der Waals surface area contributed by atoms with Crippen LogP contribution in [0.5, 0.6) is 17.2 Å². The first-order chi connectivity index (χ1) is 29.0. The van der Waals surface area contributed by atoms with Crippen LogP contribution in [0.3, 0.4) is 0 Å². The van der Waals surface area contributed by atoms with Crippen LogP contribution in [0.1, 0.15) is 94.3 Å². The Balaban J connectivity index is 0.776. The maximum absolute atomic E-state index is 14.3. The number of carbonyl (C=O) groups is 1. The van der Waals surface area contributed by atoms with Gasteiger partial charge in [0.25, 0.3) is 11.5 Å². The molecule has 0 saturated carbocycles. The van der Waals surface area contributed by atoms with Crippen LogP contribution in [0.25, 0.3) is 28.0 Å². The summed E-state index contributed by atoms with van der Waals surface area (Å²) >= 11 is 0. The quantitative estimate of drug-likeness (QED) is 0.0865. The van der Waals surface area contributed by atoms with E-state index in [1.54, 1.807) is 17.7 Å². The first kappa shape index (κ1) is 40.2. The maximum Gasteiger partial charge on any atom is 0.266 e. The van der Waals surface area contributed by atoms with E-state index in [0.29, 0.717) is 52.7 Å². The number of unbranched alkanes of at least 4 members (excludes halogenated alkanes) is 7. The normalized spacial score (nSPS) is 16.6. The number of carbonyl (C=O) groups excluding carboxylic acids is 1. The van der Waals surface area contributed by atoms with E-state index in [2.05, 4.69) is 22.9 Å². The van der Waals surface area contributed by atoms with Crippen molar-refractivity contribution in [3.8, 4) is 34.3 Å². The second-order valence-corrected chi connectivity index (χ2v) is 16.3. The lowest BCUT2D eigenvalue weighted by Crippen LogP contribution is -2.35. The molecule has 2 saturated heterocycles. The predicted octanol–water partition coefficient (Wildman–Crippen LogP) is 10.2. The van der Waals surface area contributed by atoms with E-state index < -0.39 is 0 Å². The number of nitrogens with zero attached hydrogens (tertiary/aromatic N) is 5. The SMILES string of the molecule is COc1cc2c(cc1OCCCCCCCCCCOc1ccc(-n3c(-c4ccccc4)nc4ccc(N5CCC(C)CC5)cc4c3=O)cc1)N=C[C@@H]1CCCN1C2=O.